The van der Waals surface area contributed by atoms with Crippen LogP contribution >= 0.6 is 11.6 Å². The summed E-state index contributed by atoms with van der Waals surface area (Å²) in [7, 11) is 0. The van der Waals surface area contributed by atoms with E-state index in [9.17, 15) is 0 Å². The maximum absolute atomic E-state index is 9.09. The van der Waals surface area contributed by atoms with E-state index < -0.39 is 0 Å². The molecule has 0 aliphatic heterocycles. The van der Waals surface area contributed by atoms with Crippen molar-refractivity contribution in [1.29, 1.82) is 5.26 Å². The van der Waals surface area contributed by atoms with Gasteiger partial charge in [0.1, 0.15) is 11.6 Å². The average molecular weight is 247 g/mol. The van der Waals surface area contributed by atoms with E-state index in [0.717, 1.165) is 24.2 Å². The lowest BCUT2D eigenvalue weighted by Crippen LogP contribution is -1.97. The Bertz CT molecular complexity index is 554. The summed E-state index contributed by atoms with van der Waals surface area (Å²) < 4.78 is 1.58. The monoisotopic (exact) mass is 246 g/mol. The molecule has 0 unspecified atom stereocenters. The van der Waals surface area contributed by atoms with Crippen molar-refractivity contribution < 1.29 is 0 Å². The van der Waals surface area contributed by atoms with Crippen LogP contribution in [-0.2, 0) is 6.42 Å². The van der Waals surface area contributed by atoms with Gasteiger partial charge >= 0.3 is 0 Å². The summed E-state index contributed by atoms with van der Waals surface area (Å²) in [6, 6.07) is 5.71. The Labute approximate surface area is 104 Å². The first-order chi connectivity index (χ1) is 8.27. The van der Waals surface area contributed by atoms with Crippen molar-refractivity contribution in [3.63, 3.8) is 0 Å². The highest BCUT2D eigenvalue weighted by Gasteiger charge is 2.16. The van der Waals surface area contributed by atoms with E-state index in [0.29, 0.717) is 10.7 Å². The molecule has 0 bridgehead atoms. The van der Waals surface area contributed by atoms with Gasteiger partial charge in [-0.25, -0.2) is 4.68 Å². The van der Waals surface area contributed by atoms with Gasteiger partial charge in [0.15, 0.2) is 5.15 Å². The van der Waals surface area contributed by atoms with Crippen molar-refractivity contribution in [2.24, 2.45) is 0 Å². The molecular formula is C12H11ClN4. The largest absolute Gasteiger partial charge is 0.265 e. The standard InChI is InChI=1S/C12H11ClN4/c1-2-3-11-10(8-14)12(13)17(16-11)9-4-6-15-7-5-9/h4-7H,2-3H2,1H3. The highest BCUT2D eigenvalue weighted by molar-refractivity contribution is 6.31. The number of aromatic nitrogens is 3. The van der Waals surface area contributed by atoms with Crippen LogP contribution in [0.3, 0.4) is 0 Å². The summed E-state index contributed by atoms with van der Waals surface area (Å²) >= 11 is 6.16. The number of hydrogen-bond acceptors (Lipinski definition) is 3. The zero-order valence-corrected chi connectivity index (χ0v) is 10.1. The number of nitriles is 1. The number of halogens is 1. The highest BCUT2D eigenvalue weighted by Crippen LogP contribution is 2.23. The molecule has 86 valence electrons. The second-order valence-corrected chi connectivity index (χ2v) is 3.95. The molecule has 0 saturated carbocycles. The average Bonchev–Trinajstić information content (AvgIpc) is 2.67. The number of nitrogens with zero attached hydrogens (tertiary/aromatic N) is 4. The van der Waals surface area contributed by atoms with E-state index in [1.54, 1.807) is 29.2 Å². The summed E-state index contributed by atoms with van der Waals surface area (Å²) in [6.07, 6.45) is 5.01. The molecule has 17 heavy (non-hydrogen) atoms. The van der Waals surface area contributed by atoms with Crippen molar-refractivity contribution in [3.05, 3.63) is 40.9 Å². The van der Waals surface area contributed by atoms with Crippen LogP contribution in [0.1, 0.15) is 24.6 Å². The third kappa shape index (κ3) is 2.15. The fourth-order valence-electron chi connectivity index (χ4n) is 1.62. The zero-order valence-electron chi connectivity index (χ0n) is 9.39. The second kappa shape index (κ2) is 4.98. The third-order valence-corrected chi connectivity index (χ3v) is 2.76. The van der Waals surface area contributed by atoms with Gasteiger partial charge < -0.3 is 0 Å². The molecule has 0 saturated heterocycles. The van der Waals surface area contributed by atoms with E-state index in [1.165, 1.54) is 0 Å². The Balaban J connectivity index is 2.54. The van der Waals surface area contributed by atoms with Crippen molar-refractivity contribution >= 4 is 11.6 Å². The van der Waals surface area contributed by atoms with Crippen LogP contribution in [0.25, 0.3) is 5.69 Å². The lowest BCUT2D eigenvalue weighted by Gasteiger charge is -2.00. The van der Waals surface area contributed by atoms with Crippen LogP contribution in [-0.4, -0.2) is 14.8 Å². The minimum absolute atomic E-state index is 0.363. The minimum Gasteiger partial charge on any atom is -0.265 e. The fraction of sp³-hybridized carbons (Fsp3) is 0.250. The van der Waals surface area contributed by atoms with Gasteiger partial charge in [-0.1, -0.05) is 24.9 Å². The van der Waals surface area contributed by atoms with Gasteiger partial charge in [0.25, 0.3) is 0 Å². The maximum Gasteiger partial charge on any atom is 0.150 e. The molecule has 0 aromatic carbocycles. The molecule has 0 fully saturated rings. The number of aryl methyl sites for hydroxylation is 1. The Morgan fingerprint density at radius 3 is 2.71 bits per heavy atom. The Kier molecular flexibility index (Phi) is 3.40. The number of pyridine rings is 1. The smallest absolute Gasteiger partial charge is 0.150 e. The van der Waals surface area contributed by atoms with Crippen molar-refractivity contribution in [2.45, 2.75) is 19.8 Å². The van der Waals surface area contributed by atoms with Crippen LogP contribution in [0.15, 0.2) is 24.5 Å². The summed E-state index contributed by atoms with van der Waals surface area (Å²) in [5, 5.41) is 13.8. The lowest BCUT2D eigenvalue weighted by molar-refractivity contribution is 0.805. The summed E-state index contributed by atoms with van der Waals surface area (Å²) in [5.74, 6) is 0. The molecule has 0 radical (unpaired) electrons. The van der Waals surface area contributed by atoms with E-state index in [-0.39, 0.29) is 0 Å². The first kappa shape index (κ1) is 11.6. The highest BCUT2D eigenvalue weighted by atomic mass is 35.5. The van der Waals surface area contributed by atoms with E-state index >= 15 is 0 Å². The van der Waals surface area contributed by atoms with Crippen LogP contribution in [0, 0.1) is 11.3 Å². The molecule has 2 heterocycles. The second-order valence-electron chi connectivity index (χ2n) is 3.59. The topological polar surface area (TPSA) is 54.5 Å². The van der Waals surface area contributed by atoms with Crippen LogP contribution in [0.2, 0.25) is 5.15 Å². The molecule has 2 aromatic heterocycles. The van der Waals surface area contributed by atoms with Gasteiger partial charge in [-0.05, 0) is 18.6 Å². The molecule has 0 N–H and O–H groups in total. The Morgan fingerprint density at radius 1 is 1.41 bits per heavy atom. The SMILES string of the molecule is CCCc1nn(-c2ccncc2)c(Cl)c1C#N. The predicted molar refractivity (Wildman–Crippen MR) is 65.1 cm³/mol. The molecule has 0 atom stereocenters. The molecule has 0 aliphatic carbocycles. The van der Waals surface area contributed by atoms with E-state index in [4.69, 9.17) is 16.9 Å². The van der Waals surface area contributed by atoms with Gasteiger partial charge in [-0.2, -0.15) is 10.4 Å². The van der Waals surface area contributed by atoms with Crippen LogP contribution in [0.5, 0.6) is 0 Å². The van der Waals surface area contributed by atoms with Crippen molar-refractivity contribution in [2.75, 3.05) is 0 Å². The summed E-state index contributed by atoms with van der Waals surface area (Å²) in [6.45, 7) is 2.04. The predicted octanol–water partition coefficient (Wildman–Crippen LogP) is 2.74. The zero-order chi connectivity index (χ0) is 12.3. The summed E-state index contributed by atoms with van der Waals surface area (Å²) in [5.41, 5.74) is 2.02. The molecule has 4 nitrogen and oxygen atoms in total. The molecule has 5 heteroatoms. The van der Waals surface area contributed by atoms with E-state index in [2.05, 4.69) is 16.2 Å². The lowest BCUT2D eigenvalue weighted by atomic mass is 10.2. The number of hydrogen-bond donors (Lipinski definition) is 0. The van der Waals surface area contributed by atoms with Gasteiger partial charge in [0.2, 0.25) is 0 Å². The van der Waals surface area contributed by atoms with Crippen molar-refractivity contribution in [1.82, 2.24) is 14.8 Å². The molecule has 0 spiro atoms. The molecule has 0 amide bonds. The normalized spacial score (nSPS) is 10.2. The van der Waals surface area contributed by atoms with Gasteiger partial charge in [0.05, 0.1) is 11.4 Å². The first-order valence-electron chi connectivity index (χ1n) is 5.35. The van der Waals surface area contributed by atoms with Gasteiger partial charge in [0, 0.05) is 12.4 Å². The van der Waals surface area contributed by atoms with Gasteiger partial charge in [-0.3, -0.25) is 4.98 Å². The molecule has 2 rings (SSSR count). The third-order valence-electron chi connectivity index (χ3n) is 2.41. The Hall–Kier alpha value is -1.86. The first-order valence-corrected chi connectivity index (χ1v) is 5.73. The number of rotatable bonds is 3. The fourth-order valence-corrected chi connectivity index (χ4v) is 1.91. The van der Waals surface area contributed by atoms with Crippen LogP contribution < -0.4 is 0 Å². The van der Waals surface area contributed by atoms with Crippen LogP contribution in [0.4, 0.5) is 0 Å². The Morgan fingerprint density at radius 2 is 2.12 bits per heavy atom. The molecule has 0 aliphatic rings. The van der Waals surface area contributed by atoms with Gasteiger partial charge in [-0.15, -0.1) is 0 Å². The summed E-state index contributed by atoms with van der Waals surface area (Å²) in [4.78, 5) is 3.94. The quantitative estimate of drug-likeness (QED) is 0.837. The van der Waals surface area contributed by atoms with Crippen molar-refractivity contribution in [3.8, 4) is 11.8 Å². The minimum atomic E-state index is 0.363. The van der Waals surface area contributed by atoms with E-state index in [1.807, 2.05) is 6.92 Å². The maximum atomic E-state index is 9.09. The molecular weight excluding hydrogens is 236 g/mol. The molecule has 2 aromatic rings.